The largest absolute Gasteiger partial charge is 0.494 e. The lowest BCUT2D eigenvalue weighted by molar-refractivity contribution is -0.0334. The molecule has 8 heteroatoms. The van der Waals surface area contributed by atoms with Crippen LogP contribution in [0.3, 0.4) is 0 Å². The highest BCUT2D eigenvalue weighted by molar-refractivity contribution is 6.62. The first kappa shape index (κ1) is 25.1. The van der Waals surface area contributed by atoms with Crippen LogP contribution in [0.5, 0.6) is 0 Å². The Kier molecular flexibility index (Phi) is 8.43. The van der Waals surface area contributed by atoms with E-state index in [0.717, 1.165) is 32.7 Å². The molecule has 0 atom stereocenters. The van der Waals surface area contributed by atoms with E-state index in [4.69, 9.17) is 23.5 Å². The molecular formula is C25H30BFO6. The minimum Gasteiger partial charge on any atom is -0.428 e. The Morgan fingerprint density at radius 2 is 1.42 bits per heavy atom. The summed E-state index contributed by atoms with van der Waals surface area (Å²) in [5, 5.41) is 0. The van der Waals surface area contributed by atoms with E-state index in [-0.39, 0.29) is 5.56 Å². The molecule has 2 saturated heterocycles. The normalized spacial score (nSPS) is 19.4. The van der Waals surface area contributed by atoms with Gasteiger partial charge in [0.2, 0.25) is 0 Å². The number of esters is 1. The van der Waals surface area contributed by atoms with Crippen molar-refractivity contribution in [3.8, 4) is 0 Å². The van der Waals surface area contributed by atoms with Gasteiger partial charge in [0.05, 0.1) is 43.2 Å². The molecule has 0 saturated carbocycles. The minimum atomic E-state index is -0.655. The maximum absolute atomic E-state index is 14.5. The topological polar surface area (TPSA) is 63.2 Å². The van der Waals surface area contributed by atoms with Crippen molar-refractivity contribution in [1.29, 1.82) is 0 Å². The molecule has 0 bridgehead atoms. The van der Waals surface area contributed by atoms with Gasteiger partial charge in [-0.25, -0.2) is 9.18 Å². The maximum atomic E-state index is 14.5. The molecule has 2 aromatic carbocycles. The first-order valence-corrected chi connectivity index (χ1v) is 10.9. The highest BCUT2D eigenvalue weighted by Crippen LogP contribution is 2.36. The predicted molar refractivity (Wildman–Crippen MR) is 125 cm³/mol. The molecule has 2 aliphatic heterocycles. The number of hydrogen-bond donors (Lipinski definition) is 0. The Morgan fingerprint density at radius 1 is 0.879 bits per heavy atom. The first-order chi connectivity index (χ1) is 15.7. The van der Waals surface area contributed by atoms with E-state index < -0.39 is 30.1 Å². The first-order valence-electron chi connectivity index (χ1n) is 10.9. The number of carbonyl (C=O) groups excluding carboxylic acids is 1. The predicted octanol–water partition coefficient (Wildman–Crippen LogP) is 4.14. The zero-order chi connectivity index (χ0) is 23.9. The number of rotatable bonds is 4. The molecule has 2 fully saturated rings. The highest BCUT2D eigenvalue weighted by atomic mass is 19.1. The number of ether oxygens (including phenoxy) is 3. The van der Waals surface area contributed by atoms with E-state index in [1.165, 1.54) is 0 Å². The molecule has 4 rings (SSSR count). The summed E-state index contributed by atoms with van der Waals surface area (Å²) < 4.78 is 41.3. The Labute approximate surface area is 194 Å². The van der Waals surface area contributed by atoms with Gasteiger partial charge in [-0.05, 0) is 45.3 Å². The monoisotopic (exact) mass is 456 g/mol. The van der Waals surface area contributed by atoms with Crippen LogP contribution < -0.4 is 5.46 Å². The summed E-state index contributed by atoms with van der Waals surface area (Å²) in [5.41, 5.74) is 0.375. The second-order valence-corrected chi connectivity index (χ2v) is 8.68. The summed E-state index contributed by atoms with van der Waals surface area (Å²) in [5.74, 6) is -1.27. The van der Waals surface area contributed by atoms with Gasteiger partial charge in [-0.3, -0.25) is 0 Å². The molecule has 0 aliphatic carbocycles. The second-order valence-electron chi connectivity index (χ2n) is 8.68. The summed E-state index contributed by atoms with van der Waals surface area (Å²) in [4.78, 5) is 11.9. The van der Waals surface area contributed by atoms with E-state index >= 15 is 0 Å². The van der Waals surface area contributed by atoms with Crippen LogP contribution in [0.15, 0.2) is 60.9 Å². The zero-order valence-electron chi connectivity index (χ0n) is 19.5. The van der Waals surface area contributed by atoms with E-state index in [0.29, 0.717) is 11.0 Å². The van der Waals surface area contributed by atoms with Crippen molar-refractivity contribution in [2.75, 3.05) is 26.4 Å². The van der Waals surface area contributed by atoms with E-state index in [9.17, 15) is 9.18 Å². The number of carbonyl (C=O) groups is 1. The molecule has 6 nitrogen and oxygen atoms in total. The van der Waals surface area contributed by atoms with Crippen molar-refractivity contribution in [1.82, 2.24) is 0 Å². The van der Waals surface area contributed by atoms with Crippen LogP contribution in [0.1, 0.15) is 43.6 Å². The van der Waals surface area contributed by atoms with Crippen molar-refractivity contribution in [2.24, 2.45) is 0 Å². The van der Waals surface area contributed by atoms with E-state index in [1.807, 2.05) is 33.8 Å². The van der Waals surface area contributed by atoms with Gasteiger partial charge in [-0.2, -0.15) is 0 Å². The number of benzene rings is 2. The summed E-state index contributed by atoms with van der Waals surface area (Å²) in [6.07, 6.45) is 0.818. The van der Waals surface area contributed by atoms with Crippen LogP contribution in [0.25, 0.3) is 5.83 Å². The summed E-state index contributed by atoms with van der Waals surface area (Å²) in [6, 6.07) is 15.2. The fourth-order valence-electron chi connectivity index (χ4n) is 3.07. The van der Waals surface area contributed by atoms with Crippen LogP contribution in [-0.2, 0) is 23.5 Å². The van der Waals surface area contributed by atoms with Crippen LogP contribution in [0.4, 0.5) is 4.39 Å². The molecule has 0 amide bonds. The average molecular weight is 456 g/mol. The van der Waals surface area contributed by atoms with Crippen molar-refractivity contribution in [3.63, 3.8) is 0 Å². The summed E-state index contributed by atoms with van der Waals surface area (Å²) in [7, 11) is -0.588. The fourth-order valence-corrected chi connectivity index (χ4v) is 3.07. The molecule has 0 unspecified atom stereocenters. The third-order valence-electron chi connectivity index (χ3n) is 5.71. The number of halogens is 1. The molecule has 0 spiro atoms. The molecule has 2 aliphatic rings. The third-order valence-corrected chi connectivity index (χ3v) is 5.71. The van der Waals surface area contributed by atoms with Gasteiger partial charge < -0.3 is 23.5 Å². The van der Waals surface area contributed by atoms with Crippen molar-refractivity contribution < 1.29 is 32.7 Å². The highest BCUT2D eigenvalue weighted by Gasteiger charge is 2.51. The lowest BCUT2D eigenvalue weighted by Gasteiger charge is -2.32. The van der Waals surface area contributed by atoms with Gasteiger partial charge >= 0.3 is 13.1 Å². The molecule has 2 heterocycles. The molecule has 2 aromatic rings. The molecule has 176 valence electrons. The Bertz CT molecular complexity index is 929. The maximum Gasteiger partial charge on any atom is 0.494 e. The third kappa shape index (κ3) is 6.74. The van der Waals surface area contributed by atoms with Crippen molar-refractivity contribution in [2.45, 2.75) is 38.9 Å². The van der Waals surface area contributed by atoms with Crippen LogP contribution in [0.2, 0.25) is 0 Å². The Hall–Kier alpha value is -2.52. The SMILES string of the molecule is C1COCCO1.CC1(C)OB(c2cccc(C(F)=COC(=O)c3ccccc3)c2)OC1(C)C. The Morgan fingerprint density at radius 3 is 1.97 bits per heavy atom. The van der Waals surface area contributed by atoms with Crippen LogP contribution in [-0.4, -0.2) is 50.7 Å². The van der Waals surface area contributed by atoms with Gasteiger partial charge in [0.25, 0.3) is 0 Å². The van der Waals surface area contributed by atoms with Crippen LogP contribution in [0, 0.1) is 0 Å². The average Bonchev–Trinajstić information content (AvgIpc) is 3.06. The van der Waals surface area contributed by atoms with Gasteiger partial charge in [-0.1, -0.05) is 42.5 Å². The lowest BCUT2D eigenvalue weighted by atomic mass is 9.78. The zero-order valence-corrected chi connectivity index (χ0v) is 19.5. The molecule has 0 aromatic heterocycles. The van der Waals surface area contributed by atoms with Gasteiger partial charge in [0.15, 0.2) is 5.83 Å². The number of hydrogen-bond acceptors (Lipinski definition) is 6. The van der Waals surface area contributed by atoms with Gasteiger partial charge in [0.1, 0.15) is 6.26 Å². The quantitative estimate of drug-likeness (QED) is 0.392. The van der Waals surface area contributed by atoms with Gasteiger partial charge in [-0.15, -0.1) is 0 Å². The van der Waals surface area contributed by atoms with Gasteiger partial charge in [0, 0.05) is 5.56 Å². The molecule has 33 heavy (non-hydrogen) atoms. The Balaban J connectivity index is 0.000000442. The van der Waals surface area contributed by atoms with Crippen LogP contribution >= 0.6 is 0 Å². The van der Waals surface area contributed by atoms with Crippen molar-refractivity contribution in [3.05, 3.63) is 72.0 Å². The molecular weight excluding hydrogens is 426 g/mol. The van der Waals surface area contributed by atoms with E-state index in [2.05, 4.69) is 0 Å². The minimum absolute atomic E-state index is 0.281. The fraction of sp³-hybridized carbons (Fsp3) is 0.400. The lowest BCUT2D eigenvalue weighted by Crippen LogP contribution is -2.41. The standard InChI is InChI=1S/C21H22BFO4.C4H8O2/c1-20(2)21(3,4)27-22(26-20)17-12-8-11-16(13-17)18(23)14-25-19(24)15-9-6-5-7-10-15;1-2-6-4-3-5-1/h5-14H,1-4H3;1-4H2. The van der Waals surface area contributed by atoms with E-state index in [1.54, 1.807) is 48.5 Å². The summed E-state index contributed by atoms with van der Waals surface area (Å²) >= 11 is 0. The molecule has 0 radical (unpaired) electrons. The van der Waals surface area contributed by atoms with Crippen molar-refractivity contribution >= 4 is 24.4 Å². The summed E-state index contributed by atoms with van der Waals surface area (Å²) in [6.45, 7) is 10.9. The second kappa shape index (κ2) is 11.1. The molecule has 0 N–H and O–H groups in total. The smallest absolute Gasteiger partial charge is 0.428 e.